The minimum Gasteiger partial charge on any atom is -0.399 e. The predicted molar refractivity (Wildman–Crippen MR) is 96.5 cm³/mol. The first-order valence-corrected chi connectivity index (χ1v) is 7.99. The lowest BCUT2D eigenvalue weighted by atomic mass is 9.86. The molecule has 0 unspecified atom stereocenters. The van der Waals surface area contributed by atoms with Crippen molar-refractivity contribution in [3.63, 3.8) is 0 Å². The number of amides is 1. The second kappa shape index (κ2) is 6.00. The summed E-state index contributed by atoms with van der Waals surface area (Å²) in [6.45, 7) is 2.03. The summed E-state index contributed by atoms with van der Waals surface area (Å²) in [5.74, 6) is 0.0950. The van der Waals surface area contributed by atoms with Gasteiger partial charge in [-0.25, -0.2) is 0 Å². The number of nitrogens with two attached hydrogens (primary N) is 1. The van der Waals surface area contributed by atoms with Crippen molar-refractivity contribution >= 4 is 17.6 Å². The van der Waals surface area contributed by atoms with E-state index in [1.54, 1.807) is 7.05 Å². The fourth-order valence-electron chi connectivity index (χ4n) is 3.03. The summed E-state index contributed by atoms with van der Waals surface area (Å²) < 4.78 is 0. The molecule has 1 aliphatic heterocycles. The second-order valence-corrected chi connectivity index (χ2v) is 6.46. The molecule has 1 fully saturated rings. The molecule has 2 aromatic rings. The van der Waals surface area contributed by atoms with Crippen LogP contribution in [0.1, 0.15) is 25.3 Å². The molecular formula is C19H22N4O. The van der Waals surface area contributed by atoms with E-state index in [1.165, 1.54) is 4.90 Å². The van der Waals surface area contributed by atoms with E-state index in [1.807, 2.05) is 49.4 Å². The molecule has 5 nitrogen and oxygen atoms in total. The SMILES string of the molecule is CN1C(=N)N[C@](C)(c2cccc(-c3cccc(N)c3)c2)CCC1=O. The lowest BCUT2D eigenvalue weighted by Gasteiger charge is -2.31. The Morgan fingerprint density at radius 1 is 1.17 bits per heavy atom. The number of carbonyl (C=O) groups excluding carboxylic acids is 1. The first-order chi connectivity index (χ1) is 11.4. The van der Waals surface area contributed by atoms with Crippen molar-refractivity contribution in [3.05, 3.63) is 54.1 Å². The van der Waals surface area contributed by atoms with E-state index < -0.39 is 5.54 Å². The van der Waals surface area contributed by atoms with E-state index in [2.05, 4.69) is 11.4 Å². The number of carbonyl (C=O) groups is 1. The Balaban J connectivity index is 1.98. The third-order valence-corrected chi connectivity index (χ3v) is 4.66. The number of nitrogens with zero attached hydrogens (tertiary/aromatic N) is 1. The highest BCUT2D eigenvalue weighted by molar-refractivity contribution is 5.96. The first kappa shape index (κ1) is 16.1. The van der Waals surface area contributed by atoms with Gasteiger partial charge < -0.3 is 11.1 Å². The molecule has 4 N–H and O–H groups in total. The third kappa shape index (κ3) is 2.97. The molecule has 5 heteroatoms. The third-order valence-electron chi connectivity index (χ3n) is 4.66. The topological polar surface area (TPSA) is 82.2 Å². The van der Waals surface area contributed by atoms with Gasteiger partial charge in [-0.2, -0.15) is 0 Å². The Hall–Kier alpha value is -2.82. The van der Waals surface area contributed by atoms with E-state index >= 15 is 0 Å². The van der Waals surface area contributed by atoms with Crippen LogP contribution in [0.25, 0.3) is 11.1 Å². The largest absolute Gasteiger partial charge is 0.399 e. The van der Waals surface area contributed by atoms with Gasteiger partial charge in [-0.15, -0.1) is 0 Å². The highest BCUT2D eigenvalue weighted by Crippen LogP contribution is 2.32. The van der Waals surface area contributed by atoms with Crippen LogP contribution in [-0.2, 0) is 10.3 Å². The van der Waals surface area contributed by atoms with Crippen molar-refractivity contribution in [2.45, 2.75) is 25.3 Å². The molecule has 0 aromatic heterocycles. The molecule has 3 rings (SSSR count). The minimum absolute atomic E-state index is 0.0387. The van der Waals surface area contributed by atoms with Crippen LogP contribution in [0.2, 0.25) is 0 Å². The normalized spacial score (nSPS) is 21.3. The summed E-state index contributed by atoms with van der Waals surface area (Å²) >= 11 is 0. The Morgan fingerprint density at radius 3 is 2.54 bits per heavy atom. The molecular weight excluding hydrogens is 300 g/mol. The molecule has 0 aliphatic carbocycles. The van der Waals surface area contributed by atoms with E-state index in [4.69, 9.17) is 11.1 Å². The van der Waals surface area contributed by atoms with Crippen molar-refractivity contribution in [1.29, 1.82) is 5.41 Å². The molecule has 1 aliphatic rings. The van der Waals surface area contributed by atoms with Gasteiger partial charge in [0.2, 0.25) is 5.91 Å². The van der Waals surface area contributed by atoms with Gasteiger partial charge >= 0.3 is 0 Å². The minimum atomic E-state index is -0.464. The average Bonchev–Trinajstić information content (AvgIpc) is 2.68. The number of nitrogen functional groups attached to an aromatic ring is 1. The molecule has 1 saturated heterocycles. The molecule has 124 valence electrons. The van der Waals surface area contributed by atoms with Crippen LogP contribution in [0.3, 0.4) is 0 Å². The lowest BCUT2D eigenvalue weighted by molar-refractivity contribution is -0.126. The second-order valence-electron chi connectivity index (χ2n) is 6.46. The van der Waals surface area contributed by atoms with Crippen molar-refractivity contribution in [1.82, 2.24) is 10.2 Å². The molecule has 0 bridgehead atoms. The first-order valence-electron chi connectivity index (χ1n) is 7.99. The number of guanidine groups is 1. The van der Waals surface area contributed by atoms with Crippen LogP contribution in [0.5, 0.6) is 0 Å². The number of nitrogens with one attached hydrogen (secondary N) is 2. The average molecular weight is 322 g/mol. The number of hydrogen-bond acceptors (Lipinski definition) is 3. The van der Waals surface area contributed by atoms with Crippen LogP contribution in [0.15, 0.2) is 48.5 Å². The summed E-state index contributed by atoms with van der Waals surface area (Å²) in [4.78, 5) is 13.4. The summed E-state index contributed by atoms with van der Waals surface area (Å²) in [6, 6.07) is 16.0. The Labute approximate surface area is 142 Å². The van der Waals surface area contributed by atoms with Crippen LogP contribution >= 0.6 is 0 Å². The van der Waals surface area contributed by atoms with Gasteiger partial charge in [0.25, 0.3) is 0 Å². The van der Waals surface area contributed by atoms with Gasteiger partial charge in [-0.1, -0.05) is 30.3 Å². The van der Waals surface area contributed by atoms with Gasteiger partial charge in [-0.3, -0.25) is 15.1 Å². The predicted octanol–water partition coefficient (Wildman–Crippen LogP) is 2.93. The zero-order chi connectivity index (χ0) is 17.3. The van der Waals surface area contributed by atoms with Gasteiger partial charge in [0.05, 0.1) is 5.54 Å². The molecule has 1 heterocycles. The molecule has 1 amide bonds. The van der Waals surface area contributed by atoms with Gasteiger partial charge in [0, 0.05) is 19.2 Å². The van der Waals surface area contributed by atoms with Gasteiger partial charge in [-0.05, 0) is 48.2 Å². The lowest BCUT2D eigenvalue weighted by Crippen LogP contribution is -2.47. The summed E-state index contributed by atoms with van der Waals surface area (Å²) in [6.07, 6.45) is 1.05. The van der Waals surface area contributed by atoms with E-state index in [-0.39, 0.29) is 11.9 Å². The van der Waals surface area contributed by atoms with Crippen LogP contribution in [-0.4, -0.2) is 23.8 Å². The Kier molecular flexibility index (Phi) is 4.01. The smallest absolute Gasteiger partial charge is 0.229 e. The summed E-state index contributed by atoms with van der Waals surface area (Å²) in [5.41, 5.74) is 9.32. The highest BCUT2D eigenvalue weighted by atomic mass is 16.2. The quantitative estimate of drug-likeness (QED) is 0.744. The fraction of sp³-hybridized carbons (Fsp3) is 0.263. The Morgan fingerprint density at radius 2 is 1.83 bits per heavy atom. The molecule has 2 aromatic carbocycles. The highest BCUT2D eigenvalue weighted by Gasteiger charge is 2.33. The molecule has 0 saturated carbocycles. The fourth-order valence-corrected chi connectivity index (χ4v) is 3.03. The maximum atomic E-state index is 12.0. The van der Waals surface area contributed by atoms with Crippen LogP contribution in [0.4, 0.5) is 5.69 Å². The van der Waals surface area contributed by atoms with Crippen LogP contribution in [0, 0.1) is 5.41 Å². The van der Waals surface area contributed by atoms with Crippen LogP contribution < -0.4 is 11.1 Å². The standard InChI is InChI=1S/C19H22N4O/c1-19(10-9-17(24)23(2)18(21)22-19)15-7-3-5-13(11-15)14-6-4-8-16(20)12-14/h3-8,11-12H,9-10,20H2,1-2H3,(H2,21,22)/t19-/m0/s1. The summed E-state index contributed by atoms with van der Waals surface area (Å²) in [5, 5.41) is 11.3. The number of anilines is 1. The molecule has 24 heavy (non-hydrogen) atoms. The van der Waals surface area contributed by atoms with Crippen molar-refractivity contribution in [2.24, 2.45) is 0 Å². The van der Waals surface area contributed by atoms with Gasteiger partial charge in [0.15, 0.2) is 5.96 Å². The van der Waals surface area contributed by atoms with Crippen molar-refractivity contribution < 1.29 is 4.79 Å². The maximum Gasteiger partial charge on any atom is 0.229 e. The van der Waals surface area contributed by atoms with E-state index in [0.717, 1.165) is 22.4 Å². The zero-order valence-corrected chi connectivity index (χ0v) is 14.0. The van der Waals surface area contributed by atoms with E-state index in [0.29, 0.717) is 12.8 Å². The monoisotopic (exact) mass is 322 g/mol. The van der Waals surface area contributed by atoms with Crippen molar-refractivity contribution in [2.75, 3.05) is 12.8 Å². The Bertz CT molecular complexity index is 801. The molecule has 0 radical (unpaired) electrons. The van der Waals surface area contributed by atoms with E-state index in [9.17, 15) is 4.79 Å². The number of hydrogen-bond donors (Lipinski definition) is 3. The van der Waals surface area contributed by atoms with Gasteiger partial charge in [0.1, 0.15) is 0 Å². The molecule has 1 atom stereocenters. The number of benzene rings is 2. The maximum absolute atomic E-state index is 12.0. The summed E-state index contributed by atoms with van der Waals surface area (Å²) in [7, 11) is 1.63. The van der Waals surface area contributed by atoms with Crippen molar-refractivity contribution in [3.8, 4) is 11.1 Å². The number of rotatable bonds is 2. The zero-order valence-electron chi connectivity index (χ0n) is 14.0. The molecule has 0 spiro atoms.